The zero-order valence-electron chi connectivity index (χ0n) is 18.5. The summed E-state index contributed by atoms with van der Waals surface area (Å²) in [5, 5.41) is 7.54. The third-order valence-electron chi connectivity index (χ3n) is 5.21. The minimum absolute atomic E-state index is 0.351. The van der Waals surface area contributed by atoms with E-state index in [-0.39, 0.29) is 5.97 Å². The molecular formula is C28H28N2O2. The number of allylic oxidation sites excluding steroid dienone is 1. The minimum atomic E-state index is -0.351. The lowest BCUT2D eigenvalue weighted by atomic mass is 9.87. The van der Waals surface area contributed by atoms with Crippen molar-refractivity contribution in [1.29, 1.82) is 5.41 Å². The van der Waals surface area contributed by atoms with E-state index in [1.165, 1.54) is 17.9 Å². The highest BCUT2D eigenvalue weighted by molar-refractivity contribution is 6.00. The second kappa shape index (κ2) is 10.9. The van der Waals surface area contributed by atoms with E-state index < -0.39 is 0 Å². The monoisotopic (exact) mass is 424 g/mol. The van der Waals surface area contributed by atoms with Crippen LogP contribution in [0.1, 0.15) is 48.1 Å². The number of ether oxygens (including phenoxy) is 1. The number of nitrogens with one attached hydrogen (secondary N) is 1. The summed E-state index contributed by atoms with van der Waals surface area (Å²) >= 11 is 0. The zero-order valence-corrected chi connectivity index (χ0v) is 18.5. The van der Waals surface area contributed by atoms with E-state index in [2.05, 4.69) is 31.2 Å². The van der Waals surface area contributed by atoms with Crippen molar-refractivity contribution in [2.24, 2.45) is 0 Å². The summed E-state index contributed by atoms with van der Waals surface area (Å²) in [4.78, 5) is 11.6. The summed E-state index contributed by atoms with van der Waals surface area (Å²) in [7, 11) is 0. The Morgan fingerprint density at radius 2 is 1.62 bits per heavy atom. The van der Waals surface area contributed by atoms with Gasteiger partial charge in [-0.15, -0.1) is 0 Å². The summed E-state index contributed by atoms with van der Waals surface area (Å²) < 4.78 is 4.95. The number of nitrogens with two attached hydrogens (primary N) is 1. The Balaban J connectivity index is 2.11. The first-order valence-electron chi connectivity index (χ1n) is 10.7. The van der Waals surface area contributed by atoms with Crippen LogP contribution in [0.25, 0.3) is 17.2 Å². The highest BCUT2D eigenvalue weighted by Crippen LogP contribution is 2.35. The molecule has 0 amide bonds. The summed E-state index contributed by atoms with van der Waals surface area (Å²) in [6.45, 7) is 4.29. The van der Waals surface area contributed by atoms with Gasteiger partial charge in [0.15, 0.2) is 0 Å². The van der Waals surface area contributed by atoms with Gasteiger partial charge in [-0.05, 0) is 58.9 Å². The summed E-state index contributed by atoms with van der Waals surface area (Å²) in [5.74, 6) is -0.351. The van der Waals surface area contributed by atoms with Crippen LogP contribution in [-0.4, -0.2) is 18.8 Å². The Hall–Kier alpha value is -3.92. The van der Waals surface area contributed by atoms with Crippen LogP contribution >= 0.6 is 0 Å². The average molecular weight is 425 g/mol. The number of hydrogen-bond donors (Lipinski definition) is 2. The van der Waals surface area contributed by atoms with Gasteiger partial charge in [0.05, 0.1) is 6.61 Å². The fourth-order valence-corrected chi connectivity index (χ4v) is 3.66. The van der Waals surface area contributed by atoms with E-state index in [1.807, 2.05) is 48.5 Å². The Labute approximate surface area is 189 Å². The van der Waals surface area contributed by atoms with E-state index in [9.17, 15) is 4.79 Å². The van der Waals surface area contributed by atoms with Crippen LogP contribution in [0.4, 0.5) is 5.69 Å². The van der Waals surface area contributed by atoms with E-state index in [0.29, 0.717) is 17.9 Å². The largest absolute Gasteiger partial charge is 0.463 e. The van der Waals surface area contributed by atoms with Crippen molar-refractivity contribution in [3.8, 4) is 0 Å². The molecule has 0 aromatic heterocycles. The minimum Gasteiger partial charge on any atom is -0.463 e. The molecule has 0 saturated carbocycles. The predicted molar refractivity (Wildman–Crippen MR) is 133 cm³/mol. The van der Waals surface area contributed by atoms with Gasteiger partial charge in [-0.3, -0.25) is 0 Å². The highest BCUT2D eigenvalue weighted by Gasteiger charge is 2.14. The fourth-order valence-electron chi connectivity index (χ4n) is 3.66. The quantitative estimate of drug-likeness (QED) is 0.148. The Morgan fingerprint density at radius 1 is 0.938 bits per heavy atom. The molecule has 0 spiro atoms. The van der Waals surface area contributed by atoms with Gasteiger partial charge >= 0.3 is 5.97 Å². The summed E-state index contributed by atoms with van der Waals surface area (Å²) in [6, 6.07) is 24.2. The molecule has 0 unspecified atom stereocenters. The van der Waals surface area contributed by atoms with Gasteiger partial charge in [0.2, 0.25) is 0 Å². The first-order chi connectivity index (χ1) is 15.6. The molecule has 162 valence electrons. The number of rotatable bonds is 8. The Kier molecular flexibility index (Phi) is 7.76. The molecule has 0 atom stereocenters. The maximum absolute atomic E-state index is 11.6. The molecule has 0 aliphatic carbocycles. The van der Waals surface area contributed by atoms with Crippen LogP contribution in [0.2, 0.25) is 0 Å². The topological polar surface area (TPSA) is 76.2 Å². The summed E-state index contributed by atoms with van der Waals surface area (Å²) in [5.41, 5.74) is 13.9. The molecule has 0 bridgehead atoms. The van der Waals surface area contributed by atoms with E-state index >= 15 is 0 Å². The normalized spacial score (nSPS) is 11.8. The smallest absolute Gasteiger partial charge is 0.330 e. The molecule has 0 aliphatic rings. The molecule has 4 nitrogen and oxygen atoms in total. The molecule has 0 aliphatic heterocycles. The number of nitrogen functional groups attached to an aromatic ring is 1. The third kappa shape index (κ3) is 5.41. The number of benzene rings is 3. The van der Waals surface area contributed by atoms with Crippen molar-refractivity contribution in [2.75, 3.05) is 12.3 Å². The fraction of sp³-hybridized carbons (Fsp3) is 0.143. The van der Waals surface area contributed by atoms with E-state index in [4.69, 9.17) is 15.9 Å². The molecule has 3 aromatic carbocycles. The van der Waals surface area contributed by atoms with Gasteiger partial charge in [0.25, 0.3) is 0 Å². The van der Waals surface area contributed by atoms with Gasteiger partial charge in [-0.1, -0.05) is 73.7 Å². The van der Waals surface area contributed by atoms with Crippen molar-refractivity contribution in [3.05, 3.63) is 107 Å². The lowest BCUT2D eigenvalue weighted by Crippen LogP contribution is -1.99. The number of hydrogen-bond acceptors (Lipinski definition) is 4. The Bertz CT molecular complexity index is 1140. The highest BCUT2D eigenvalue weighted by atomic mass is 16.5. The van der Waals surface area contributed by atoms with Crippen molar-refractivity contribution in [1.82, 2.24) is 0 Å². The lowest BCUT2D eigenvalue weighted by Gasteiger charge is -2.17. The van der Waals surface area contributed by atoms with Crippen LogP contribution in [0.15, 0.2) is 78.9 Å². The predicted octanol–water partition coefficient (Wildman–Crippen LogP) is 6.21. The maximum atomic E-state index is 11.6. The van der Waals surface area contributed by atoms with Gasteiger partial charge in [-0.2, -0.15) is 0 Å². The van der Waals surface area contributed by atoms with Crippen molar-refractivity contribution >= 4 is 35.1 Å². The number of carbonyl (C=O) groups excluding carboxylic acids is 1. The van der Waals surface area contributed by atoms with Crippen molar-refractivity contribution in [2.45, 2.75) is 20.3 Å². The molecule has 0 fully saturated rings. The van der Waals surface area contributed by atoms with Gasteiger partial charge < -0.3 is 15.9 Å². The lowest BCUT2D eigenvalue weighted by molar-refractivity contribution is -0.137. The molecule has 0 radical (unpaired) electrons. The van der Waals surface area contributed by atoms with Crippen LogP contribution in [0.5, 0.6) is 0 Å². The standard InChI is InChI=1S/C28H28N2O2/c1-3-25(21-8-6-5-7-9-21)28(23-15-16-24(19-29)26(30)18-23)22-13-10-20(11-14-22)12-17-27(31)32-4-2/h5-19,29H,3-4,30H2,1-2H3/b17-12+,28-25+,29-19?. The number of anilines is 1. The Morgan fingerprint density at radius 3 is 2.22 bits per heavy atom. The number of esters is 1. The maximum Gasteiger partial charge on any atom is 0.330 e. The second-order valence-electron chi connectivity index (χ2n) is 7.27. The van der Waals surface area contributed by atoms with Crippen LogP contribution in [0.3, 0.4) is 0 Å². The van der Waals surface area contributed by atoms with Crippen LogP contribution in [-0.2, 0) is 9.53 Å². The van der Waals surface area contributed by atoms with Gasteiger partial charge in [-0.25, -0.2) is 4.79 Å². The second-order valence-corrected chi connectivity index (χ2v) is 7.27. The van der Waals surface area contributed by atoms with Crippen molar-refractivity contribution in [3.63, 3.8) is 0 Å². The molecule has 3 rings (SSSR count). The number of carbonyl (C=O) groups is 1. The van der Waals surface area contributed by atoms with E-state index in [1.54, 1.807) is 13.0 Å². The average Bonchev–Trinajstić information content (AvgIpc) is 2.82. The van der Waals surface area contributed by atoms with Crippen molar-refractivity contribution < 1.29 is 9.53 Å². The van der Waals surface area contributed by atoms with E-state index in [0.717, 1.165) is 34.2 Å². The molecule has 0 heterocycles. The molecular weight excluding hydrogens is 396 g/mol. The summed E-state index contributed by atoms with van der Waals surface area (Å²) in [6.07, 6.45) is 5.30. The molecule has 3 aromatic rings. The zero-order chi connectivity index (χ0) is 22.9. The molecule has 4 heteroatoms. The van der Waals surface area contributed by atoms with Crippen LogP contribution in [0, 0.1) is 5.41 Å². The van der Waals surface area contributed by atoms with Crippen LogP contribution < -0.4 is 5.73 Å². The third-order valence-corrected chi connectivity index (χ3v) is 5.21. The molecule has 32 heavy (non-hydrogen) atoms. The SMILES string of the molecule is CCOC(=O)/C=C/c1ccc(/C(=C(/CC)c2ccccc2)c2ccc(C=N)c(N)c2)cc1. The molecule has 3 N–H and O–H groups in total. The molecule has 0 saturated heterocycles. The first-order valence-corrected chi connectivity index (χ1v) is 10.7. The first kappa shape index (κ1) is 22.8. The van der Waals surface area contributed by atoms with Gasteiger partial charge in [0, 0.05) is 23.5 Å². The van der Waals surface area contributed by atoms with Gasteiger partial charge in [0.1, 0.15) is 0 Å².